The van der Waals surface area contributed by atoms with Crippen LogP contribution in [0.15, 0.2) is 24.3 Å². The van der Waals surface area contributed by atoms with Crippen molar-refractivity contribution < 1.29 is 14.6 Å². The number of esters is 1. The number of ether oxygens (including phenoxy) is 1. The molecule has 3 nitrogen and oxygen atoms in total. The van der Waals surface area contributed by atoms with E-state index < -0.39 is 12.1 Å². The number of halogens is 1. The molecule has 1 aromatic rings. The minimum Gasteiger partial charge on any atom is -0.467 e. The zero-order valence-corrected chi connectivity index (χ0v) is 7.78. The van der Waals surface area contributed by atoms with Gasteiger partial charge in [-0.25, -0.2) is 4.79 Å². The molecule has 0 amide bonds. The molecule has 70 valence electrons. The van der Waals surface area contributed by atoms with E-state index in [1.54, 1.807) is 24.3 Å². The van der Waals surface area contributed by atoms with E-state index in [9.17, 15) is 9.90 Å². The molecule has 0 heterocycles. The first-order valence-electron chi connectivity index (χ1n) is 3.67. The molecule has 0 aliphatic heterocycles. The van der Waals surface area contributed by atoms with E-state index >= 15 is 0 Å². The minimum absolute atomic E-state index is 0.348. The van der Waals surface area contributed by atoms with Crippen LogP contribution in [0.4, 0.5) is 0 Å². The van der Waals surface area contributed by atoms with E-state index in [0.29, 0.717) is 10.6 Å². The smallest absolute Gasteiger partial charge is 0.339 e. The van der Waals surface area contributed by atoms with E-state index in [0.717, 1.165) is 0 Å². The van der Waals surface area contributed by atoms with Gasteiger partial charge in [0, 0.05) is 10.6 Å². The number of hydrogen-bond donors (Lipinski definition) is 1. The van der Waals surface area contributed by atoms with Crippen LogP contribution in [0.3, 0.4) is 0 Å². The molecule has 0 radical (unpaired) electrons. The molecule has 1 unspecified atom stereocenters. The quantitative estimate of drug-likeness (QED) is 0.737. The first-order chi connectivity index (χ1) is 6.16. The van der Waals surface area contributed by atoms with Crippen molar-refractivity contribution in [2.45, 2.75) is 6.10 Å². The summed E-state index contributed by atoms with van der Waals surface area (Å²) in [6, 6.07) is 6.58. The lowest BCUT2D eigenvalue weighted by molar-refractivity contribution is -0.150. The molecule has 0 aliphatic carbocycles. The van der Waals surface area contributed by atoms with Crippen molar-refractivity contribution in [1.82, 2.24) is 0 Å². The summed E-state index contributed by atoms with van der Waals surface area (Å²) in [7, 11) is 1.21. The second kappa shape index (κ2) is 4.25. The van der Waals surface area contributed by atoms with Gasteiger partial charge in [-0.1, -0.05) is 29.8 Å². The third-order valence-electron chi connectivity index (χ3n) is 1.62. The number of hydrogen-bond acceptors (Lipinski definition) is 3. The molecular weight excluding hydrogens is 192 g/mol. The average molecular weight is 201 g/mol. The summed E-state index contributed by atoms with van der Waals surface area (Å²) < 4.78 is 4.37. The molecule has 0 bridgehead atoms. The van der Waals surface area contributed by atoms with Crippen molar-refractivity contribution in [2.24, 2.45) is 0 Å². The standard InChI is InChI=1S/C9H9ClO3/c1-13-9(12)8(11)6-4-2-3-5-7(6)10/h2-5,8,11H,1H3. The van der Waals surface area contributed by atoms with Gasteiger partial charge < -0.3 is 9.84 Å². The monoisotopic (exact) mass is 200 g/mol. The Kier molecular flexibility index (Phi) is 3.28. The first-order valence-corrected chi connectivity index (χ1v) is 4.05. The number of rotatable bonds is 2. The maximum atomic E-state index is 10.9. The summed E-state index contributed by atoms with van der Waals surface area (Å²) in [5.74, 6) is -0.715. The van der Waals surface area contributed by atoms with Gasteiger partial charge >= 0.3 is 5.97 Å². The summed E-state index contributed by atoms with van der Waals surface area (Å²) in [5, 5.41) is 9.76. The van der Waals surface area contributed by atoms with Crippen molar-refractivity contribution in [3.8, 4) is 0 Å². The lowest BCUT2D eigenvalue weighted by Crippen LogP contribution is -2.13. The molecule has 0 saturated carbocycles. The van der Waals surface area contributed by atoms with Gasteiger partial charge in [-0.15, -0.1) is 0 Å². The van der Waals surface area contributed by atoms with Gasteiger partial charge in [0.15, 0.2) is 6.10 Å². The molecule has 1 aromatic carbocycles. The summed E-state index contributed by atoms with van der Waals surface area (Å²) in [5.41, 5.74) is 0.357. The van der Waals surface area contributed by atoms with Crippen LogP contribution in [0.1, 0.15) is 11.7 Å². The third-order valence-corrected chi connectivity index (χ3v) is 1.97. The fourth-order valence-electron chi connectivity index (χ4n) is 0.935. The van der Waals surface area contributed by atoms with Gasteiger partial charge in [0.05, 0.1) is 7.11 Å². The summed E-state index contributed by atoms with van der Waals surface area (Å²) >= 11 is 5.75. The Hall–Kier alpha value is -1.06. The fraction of sp³-hybridized carbons (Fsp3) is 0.222. The molecule has 0 saturated heterocycles. The zero-order chi connectivity index (χ0) is 9.84. The van der Waals surface area contributed by atoms with Gasteiger partial charge in [-0.05, 0) is 6.07 Å². The Morgan fingerprint density at radius 2 is 2.15 bits per heavy atom. The number of aliphatic hydroxyl groups excluding tert-OH is 1. The van der Waals surface area contributed by atoms with E-state index in [1.165, 1.54) is 7.11 Å². The van der Waals surface area contributed by atoms with Gasteiger partial charge in [-0.3, -0.25) is 0 Å². The number of carbonyl (C=O) groups is 1. The maximum absolute atomic E-state index is 10.9. The highest BCUT2D eigenvalue weighted by atomic mass is 35.5. The second-order valence-electron chi connectivity index (χ2n) is 2.45. The predicted octanol–water partition coefficient (Wildman–Crippen LogP) is 1.55. The molecule has 1 rings (SSSR count). The molecule has 4 heteroatoms. The molecule has 13 heavy (non-hydrogen) atoms. The van der Waals surface area contributed by atoms with E-state index in [1.807, 2.05) is 0 Å². The topological polar surface area (TPSA) is 46.5 Å². The zero-order valence-electron chi connectivity index (χ0n) is 7.03. The number of carbonyl (C=O) groups excluding carboxylic acids is 1. The van der Waals surface area contributed by atoms with Crippen LogP contribution >= 0.6 is 11.6 Å². The SMILES string of the molecule is COC(=O)C(O)c1ccccc1Cl. The molecule has 1 N–H and O–H groups in total. The highest BCUT2D eigenvalue weighted by Gasteiger charge is 2.19. The molecular formula is C9H9ClO3. The molecule has 0 aromatic heterocycles. The Balaban J connectivity index is 2.95. The van der Waals surface area contributed by atoms with Gasteiger partial charge in [0.25, 0.3) is 0 Å². The van der Waals surface area contributed by atoms with Crippen molar-refractivity contribution in [3.63, 3.8) is 0 Å². The highest BCUT2D eigenvalue weighted by molar-refractivity contribution is 6.31. The average Bonchev–Trinajstić information content (AvgIpc) is 2.16. The summed E-state index contributed by atoms with van der Waals surface area (Å²) in [6.45, 7) is 0. The molecule has 0 aliphatic rings. The van der Waals surface area contributed by atoms with Crippen LogP contribution in [-0.2, 0) is 9.53 Å². The van der Waals surface area contributed by atoms with Crippen molar-refractivity contribution in [3.05, 3.63) is 34.9 Å². The van der Waals surface area contributed by atoms with Crippen molar-refractivity contribution >= 4 is 17.6 Å². The Morgan fingerprint density at radius 3 is 2.69 bits per heavy atom. The lowest BCUT2D eigenvalue weighted by Gasteiger charge is -2.09. The van der Waals surface area contributed by atoms with Crippen LogP contribution in [0.2, 0.25) is 5.02 Å². The molecule has 0 spiro atoms. The van der Waals surface area contributed by atoms with Crippen LogP contribution in [-0.4, -0.2) is 18.2 Å². The first kappa shape index (κ1) is 10.0. The third kappa shape index (κ3) is 2.20. The minimum atomic E-state index is -1.31. The normalized spacial score (nSPS) is 12.2. The molecule has 0 fully saturated rings. The van der Waals surface area contributed by atoms with Crippen molar-refractivity contribution in [2.75, 3.05) is 7.11 Å². The van der Waals surface area contributed by atoms with Gasteiger partial charge in [0.1, 0.15) is 0 Å². The van der Waals surface area contributed by atoms with Crippen molar-refractivity contribution in [1.29, 1.82) is 0 Å². The highest BCUT2D eigenvalue weighted by Crippen LogP contribution is 2.22. The van der Waals surface area contributed by atoms with Crippen LogP contribution in [0, 0.1) is 0 Å². The van der Waals surface area contributed by atoms with E-state index in [4.69, 9.17) is 11.6 Å². The second-order valence-corrected chi connectivity index (χ2v) is 2.85. The number of aliphatic hydroxyl groups is 1. The largest absolute Gasteiger partial charge is 0.467 e. The Bertz CT molecular complexity index is 311. The van der Waals surface area contributed by atoms with Crippen LogP contribution in [0.25, 0.3) is 0 Å². The fourth-order valence-corrected chi connectivity index (χ4v) is 1.17. The number of benzene rings is 1. The van der Waals surface area contributed by atoms with E-state index in [-0.39, 0.29) is 0 Å². The summed E-state index contributed by atoms with van der Waals surface area (Å²) in [6.07, 6.45) is -1.31. The van der Waals surface area contributed by atoms with Gasteiger partial charge in [0.2, 0.25) is 0 Å². The van der Waals surface area contributed by atoms with Crippen LogP contribution in [0.5, 0.6) is 0 Å². The van der Waals surface area contributed by atoms with Gasteiger partial charge in [-0.2, -0.15) is 0 Å². The maximum Gasteiger partial charge on any atom is 0.339 e. The summed E-state index contributed by atoms with van der Waals surface area (Å²) in [4.78, 5) is 10.9. The number of methoxy groups -OCH3 is 1. The Labute approximate surface area is 80.9 Å². The van der Waals surface area contributed by atoms with E-state index in [2.05, 4.69) is 4.74 Å². The Morgan fingerprint density at radius 1 is 1.54 bits per heavy atom. The predicted molar refractivity (Wildman–Crippen MR) is 48.4 cm³/mol. The molecule has 1 atom stereocenters. The lowest BCUT2D eigenvalue weighted by atomic mass is 10.1. The van der Waals surface area contributed by atoms with Crippen LogP contribution < -0.4 is 0 Å².